The van der Waals surface area contributed by atoms with Gasteiger partial charge in [0.25, 0.3) is 0 Å². The van der Waals surface area contributed by atoms with Crippen molar-refractivity contribution in [2.75, 3.05) is 26.2 Å². The minimum absolute atomic E-state index is 0.00833. The standard InChI is InChI=1S/C38H60N4O2.C32H46N2O2.2Al.O/c1-11-41(12-2)25-27-19-29(35(43)31(21-27)37(5,6)7)23-39-33-17-15-16-18-34(33)40-24-30-20-28(26-42(13-3)14-4)22-32(36(30)44)38(8,9)10;1-9-21-15-23(29(35)25(17-21)31(3,4)5)19-33-27-13-11-12-14-28(27)34-20-24-16-22(10-2)18-26(30(24)36)32(6,7)8;;;/h19-24,33-34,43-44H,11-18,25-26H2,1-10H3;15-20,27-28,35-36H,9-14H2,1-8H3;;;/q;;2*+2;/p-4/t33-,34-;27-,28-;;;/m11.../s1. The van der Waals surface area contributed by atoms with Crippen LogP contribution >= 0.6 is 0 Å². The number of aliphatic imine (C=N–C) groups is 4. The highest BCUT2D eigenvalue weighted by Gasteiger charge is 2.55. The Kier molecular flexibility index (Phi) is 21.5. The van der Waals surface area contributed by atoms with Gasteiger partial charge in [0.15, 0.2) is 0 Å². The first-order valence-corrected chi connectivity index (χ1v) is 34.8. The second-order valence-electron chi connectivity index (χ2n) is 28.0. The summed E-state index contributed by atoms with van der Waals surface area (Å²) in [6.07, 6.45) is 18.4. The van der Waals surface area contributed by atoms with E-state index in [0.29, 0.717) is 0 Å². The van der Waals surface area contributed by atoms with E-state index in [2.05, 4.69) is 208 Å². The fourth-order valence-corrected chi connectivity index (χ4v) is 15.7. The lowest BCUT2D eigenvalue weighted by Crippen LogP contribution is -2.47. The lowest BCUT2D eigenvalue weighted by molar-refractivity contribution is 0.231. The molecule has 4 aromatic carbocycles. The van der Waals surface area contributed by atoms with Crippen LogP contribution in [0.2, 0.25) is 0 Å². The molecule has 0 spiro atoms. The molecule has 2 aliphatic carbocycles. The van der Waals surface area contributed by atoms with Gasteiger partial charge in [0.2, 0.25) is 0 Å². The van der Waals surface area contributed by atoms with E-state index in [9.17, 15) is 0 Å². The van der Waals surface area contributed by atoms with E-state index in [0.717, 1.165) is 171 Å². The van der Waals surface area contributed by atoms with Crippen LogP contribution in [0.3, 0.4) is 0 Å². The summed E-state index contributed by atoms with van der Waals surface area (Å²) >= 11 is -7.13. The van der Waals surface area contributed by atoms with Crippen molar-refractivity contribution in [3.05, 3.63) is 115 Å². The third-order valence-corrected chi connectivity index (χ3v) is 20.9. The molecule has 8 rings (SSSR count). The summed E-state index contributed by atoms with van der Waals surface area (Å²) in [6.45, 7) is 46.0. The second kappa shape index (κ2) is 27.6. The fraction of sp³-hybridized carbons (Fsp3) is 0.600. The van der Waals surface area contributed by atoms with Crippen molar-refractivity contribution in [3.63, 3.8) is 0 Å². The lowest BCUT2D eigenvalue weighted by Gasteiger charge is -2.32. The molecule has 0 unspecified atom stereocenters. The minimum atomic E-state index is -3.58. The van der Waals surface area contributed by atoms with Gasteiger partial charge in [-0.2, -0.15) is 0 Å². The van der Waals surface area contributed by atoms with E-state index in [1.165, 1.54) is 22.3 Å². The van der Waals surface area contributed by atoms with Crippen LogP contribution in [0.15, 0.2) is 68.5 Å². The zero-order valence-electron chi connectivity index (χ0n) is 54.4. The molecule has 0 radical (unpaired) electrons. The first-order valence-electron chi connectivity index (χ1n) is 31.9. The van der Waals surface area contributed by atoms with Crippen LogP contribution in [0, 0.1) is 0 Å². The van der Waals surface area contributed by atoms with E-state index in [-0.39, 0.29) is 45.8 Å². The van der Waals surface area contributed by atoms with Gasteiger partial charge >= 0.3 is 30.3 Å². The Bertz CT molecular complexity index is 2790. The molecule has 0 saturated heterocycles. The number of hydrogen-bond acceptors (Lipinski definition) is 11. The van der Waals surface area contributed by atoms with E-state index in [1.54, 1.807) is 0 Å². The van der Waals surface area contributed by atoms with Gasteiger partial charge in [0.1, 0.15) is 0 Å². The van der Waals surface area contributed by atoms with Crippen LogP contribution in [0.4, 0.5) is 0 Å². The van der Waals surface area contributed by atoms with Crippen LogP contribution in [0.1, 0.15) is 243 Å². The van der Waals surface area contributed by atoms with Crippen molar-refractivity contribution < 1.29 is 18.0 Å². The molecule has 0 amide bonds. The van der Waals surface area contributed by atoms with Crippen molar-refractivity contribution in [3.8, 4) is 23.0 Å². The molecule has 2 aliphatic heterocycles. The number of fused-ring (bicyclic) bond motifs is 6. The first kappa shape index (κ1) is 64.7. The molecule has 2 fully saturated rings. The Hall–Kier alpha value is -4.30. The highest BCUT2D eigenvalue weighted by atomic mass is 27.3. The Balaban J connectivity index is 1.45. The van der Waals surface area contributed by atoms with Gasteiger partial charge in [-0.25, -0.2) is 0 Å². The maximum atomic E-state index is 7.86. The Morgan fingerprint density at radius 3 is 0.855 bits per heavy atom. The van der Waals surface area contributed by atoms with Gasteiger partial charge in [0.05, 0.1) is 47.2 Å². The largest absolute Gasteiger partial charge is 1.07 e. The van der Waals surface area contributed by atoms with E-state index in [4.69, 9.17) is 38.0 Å². The fourth-order valence-electron chi connectivity index (χ4n) is 12.2. The molecule has 13 heteroatoms. The molecule has 11 nitrogen and oxygen atoms in total. The van der Waals surface area contributed by atoms with Crippen LogP contribution in [0.5, 0.6) is 23.0 Å². The third-order valence-electron chi connectivity index (χ3n) is 17.4. The number of aryl methyl sites for hydroxylation is 2. The highest BCUT2D eigenvalue weighted by Crippen LogP contribution is 2.43. The van der Waals surface area contributed by atoms with E-state index >= 15 is 0 Å². The van der Waals surface area contributed by atoms with Crippen molar-refractivity contribution in [2.45, 2.75) is 248 Å². The first-order chi connectivity index (χ1) is 39.3. The molecule has 83 heavy (non-hydrogen) atoms. The van der Waals surface area contributed by atoms with Gasteiger partial charge in [-0.3, -0.25) is 29.8 Å². The van der Waals surface area contributed by atoms with Gasteiger partial charge < -0.3 is 18.0 Å². The average Bonchev–Trinajstić information content (AvgIpc) is 3.59. The summed E-state index contributed by atoms with van der Waals surface area (Å²) in [6, 6.07) is 18.5. The smallest absolute Gasteiger partial charge is 0.589 e. The predicted molar refractivity (Wildman–Crippen MR) is 350 cm³/mol. The third kappa shape index (κ3) is 16.2. The number of benzene rings is 4. The molecular formula is C70H102Al2N6O5. The number of hydrogen-bond donors (Lipinski definition) is 0. The van der Waals surface area contributed by atoms with Crippen molar-refractivity contribution >= 4 is 55.2 Å². The zero-order chi connectivity index (χ0) is 60.0. The van der Waals surface area contributed by atoms with E-state index < -0.39 is 30.3 Å². The normalized spacial score (nSPS) is 19.9. The van der Waals surface area contributed by atoms with Crippen molar-refractivity contribution in [1.82, 2.24) is 9.80 Å². The maximum absolute atomic E-state index is 7.86. The quantitative estimate of drug-likeness (QED) is 0.130. The summed E-state index contributed by atoms with van der Waals surface area (Å²) in [5.74, 6) is 2.89. The second-order valence-corrected chi connectivity index (χ2v) is 31.2. The van der Waals surface area contributed by atoms with Gasteiger partial charge in [-0.05, 0) is 155 Å². The van der Waals surface area contributed by atoms with Crippen molar-refractivity contribution in [2.24, 2.45) is 20.0 Å². The summed E-state index contributed by atoms with van der Waals surface area (Å²) in [7, 11) is 0. The lowest BCUT2D eigenvalue weighted by atomic mass is 9.83. The van der Waals surface area contributed by atoms with Gasteiger partial charge in [0, 0.05) is 60.2 Å². The molecule has 0 N–H and O–H groups in total. The molecule has 4 atom stereocenters. The molecular weight excluding hydrogens is 1060 g/mol. The summed E-state index contributed by atoms with van der Waals surface area (Å²) in [5, 5.41) is 0. The number of nitrogens with zero attached hydrogens (tertiary/aromatic N) is 6. The Labute approximate surface area is 512 Å². The summed E-state index contributed by atoms with van der Waals surface area (Å²) < 4.78 is 39.0. The Morgan fingerprint density at radius 2 is 0.627 bits per heavy atom. The average molecular weight is 1160 g/mol. The van der Waals surface area contributed by atoms with Gasteiger partial charge in [-0.15, -0.1) is 0 Å². The molecule has 0 aromatic heterocycles. The monoisotopic (exact) mass is 1160 g/mol. The zero-order valence-corrected chi connectivity index (χ0v) is 56.7. The molecule has 2 saturated carbocycles. The molecule has 448 valence electrons. The van der Waals surface area contributed by atoms with Gasteiger partial charge in [-0.1, -0.05) is 175 Å². The van der Waals surface area contributed by atoms with Crippen LogP contribution in [-0.4, -0.2) is 115 Å². The number of rotatable bonds is 12. The topological polar surface area (TPSA) is 102 Å². The van der Waals surface area contributed by atoms with Crippen LogP contribution < -0.4 is 15.2 Å². The minimum Gasteiger partial charge on any atom is -0.589 e. The molecule has 2 heterocycles. The summed E-state index contributed by atoms with van der Waals surface area (Å²) in [5.41, 5.74) is 11.4. The van der Waals surface area contributed by atoms with E-state index in [1.807, 2.05) is 0 Å². The highest BCUT2D eigenvalue weighted by molar-refractivity contribution is 6.54. The maximum Gasteiger partial charge on any atom is 1.07 e. The summed E-state index contributed by atoms with van der Waals surface area (Å²) in [4.78, 5) is 26.9. The predicted octanol–water partition coefficient (Wildman–Crippen LogP) is 15.6. The molecule has 4 aromatic rings. The molecule has 0 bridgehead atoms. The van der Waals surface area contributed by atoms with Crippen molar-refractivity contribution in [1.29, 1.82) is 0 Å². The van der Waals surface area contributed by atoms with Crippen LogP contribution in [0.25, 0.3) is 0 Å². The van der Waals surface area contributed by atoms with Crippen LogP contribution in [-0.2, 0) is 50.4 Å². The Morgan fingerprint density at radius 1 is 0.386 bits per heavy atom. The molecule has 4 aliphatic rings. The SMILES string of the molecule is CCc1cc2c(c(C(C)(C)C)c1)[O][Al]([O][Al]1[O]c3c(cc(CN(CC)CC)cc3C(C)(C)C)C=N[C@@H]3CCCC[C@H]3N=Cc3cc(CN(CC)CC)cc(C(C)(C)C)c3[O]1)[O]c1c(cc(CC)cc1C(C)(C)C)C=N[C@@H]1CCCC[C@H]1N=C2.